The fraction of sp³-hybridized carbons (Fsp3) is 0.0588. The Kier molecular flexibility index (Phi) is 3.62. The van der Waals surface area contributed by atoms with Crippen molar-refractivity contribution in [2.45, 2.75) is 0 Å². The quantitative estimate of drug-likeness (QED) is 0.674. The lowest BCUT2D eigenvalue weighted by Gasteiger charge is -2.07. The van der Waals surface area contributed by atoms with Crippen molar-refractivity contribution in [3.8, 4) is 0 Å². The van der Waals surface area contributed by atoms with Crippen LogP contribution in [0.4, 0.5) is 11.4 Å². The van der Waals surface area contributed by atoms with Gasteiger partial charge in [-0.2, -0.15) is 0 Å². The molecule has 0 bridgehead atoms. The van der Waals surface area contributed by atoms with E-state index in [-0.39, 0.29) is 5.91 Å². The van der Waals surface area contributed by atoms with Crippen molar-refractivity contribution in [2.75, 3.05) is 17.7 Å². The van der Waals surface area contributed by atoms with Crippen molar-refractivity contribution in [2.24, 2.45) is 0 Å². The molecule has 5 heteroatoms. The highest BCUT2D eigenvalue weighted by Crippen LogP contribution is 2.31. The van der Waals surface area contributed by atoms with Gasteiger partial charge >= 0.3 is 5.97 Å². The van der Waals surface area contributed by atoms with E-state index in [1.807, 2.05) is 24.3 Å². The molecule has 1 heterocycles. The lowest BCUT2D eigenvalue weighted by atomic mass is 10.1. The molecule has 2 N–H and O–H groups in total. The van der Waals surface area contributed by atoms with Crippen LogP contribution in [0.5, 0.6) is 0 Å². The summed E-state index contributed by atoms with van der Waals surface area (Å²) in [6, 6.07) is 14.4. The molecule has 0 saturated carbocycles. The Balaban J connectivity index is 1.93. The second-order valence-corrected chi connectivity index (χ2v) is 4.74. The Morgan fingerprint density at radius 2 is 1.86 bits per heavy atom. The predicted octanol–water partition coefficient (Wildman–Crippen LogP) is 2.88. The molecule has 0 aromatic heterocycles. The average Bonchev–Trinajstić information content (AvgIpc) is 2.87. The Bertz CT molecular complexity index is 781. The molecule has 1 aliphatic heterocycles. The number of anilines is 2. The van der Waals surface area contributed by atoms with Gasteiger partial charge in [0.25, 0.3) is 5.91 Å². The van der Waals surface area contributed by atoms with Gasteiger partial charge < -0.3 is 15.4 Å². The van der Waals surface area contributed by atoms with E-state index >= 15 is 0 Å². The van der Waals surface area contributed by atoms with Gasteiger partial charge in [-0.15, -0.1) is 0 Å². The first-order valence-electron chi connectivity index (χ1n) is 6.75. The van der Waals surface area contributed by atoms with Gasteiger partial charge in [-0.05, 0) is 18.2 Å². The molecule has 0 radical (unpaired) electrons. The third-order valence-corrected chi connectivity index (χ3v) is 3.41. The van der Waals surface area contributed by atoms with Gasteiger partial charge in [-0.1, -0.05) is 30.3 Å². The first kappa shape index (κ1) is 13.9. The summed E-state index contributed by atoms with van der Waals surface area (Å²) < 4.78 is 4.75. The average molecular weight is 294 g/mol. The number of hydrogen-bond acceptors (Lipinski definition) is 4. The minimum absolute atomic E-state index is 0.177. The van der Waals surface area contributed by atoms with Crippen LogP contribution in [0.3, 0.4) is 0 Å². The molecular weight excluding hydrogens is 280 g/mol. The molecule has 110 valence electrons. The first-order chi connectivity index (χ1) is 10.7. The fourth-order valence-corrected chi connectivity index (χ4v) is 2.33. The molecule has 22 heavy (non-hydrogen) atoms. The summed E-state index contributed by atoms with van der Waals surface area (Å²) in [4.78, 5) is 23.7. The number of carbonyl (C=O) groups is 2. The Hall–Kier alpha value is -3.08. The molecule has 0 aliphatic carbocycles. The summed E-state index contributed by atoms with van der Waals surface area (Å²) in [6.07, 6.45) is 1.60. The zero-order valence-corrected chi connectivity index (χ0v) is 11.9. The smallest absolute Gasteiger partial charge is 0.339 e. The highest BCUT2D eigenvalue weighted by molar-refractivity contribution is 6.31. The summed E-state index contributed by atoms with van der Waals surface area (Å²) in [6.45, 7) is 0. The van der Waals surface area contributed by atoms with Gasteiger partial charge in [-0.25, -0.2) is 4.79 Å². The van der Waals surface area contributed by atoms with Crippen LogP contribution in [0.1, 0.15) is 15.9 Å². The Labute approximate surface area is 127 Å². The van der Waals surface area contributed by atoms with Gasteiger partial charge in [-0.3, -0.25) is 4.79 Å². The molecule has 2 aromatic carbocycles. The predicted molar refractivity (Wildman–Crippen MR) is 84.5 cm³/mol. The topological polar surface area (TPSA) is 67.4 Å². The lowest BCUT2D eigenvalue weighted by Crippen LogP contribution is -2.07. The van der Waals surface area contributed by atoms with Crippen molar-refractivity contribution >= 4 is 28.8 Å². The number of ether oxygens (including phenoxy) is 1. The van der Waals surface area contributed by atoms with E-state index in [0.717, 1.165) is 11.3 Å². The number of hydrogen-bond donors (Lipinski definition) is 2. The van der Waals surface area contributed by atoms with Gasteiger partial charge in [0.15, 0.2) is 0 Å². The van der Waals surface area contributed by atoms with Crippen molar-refractivity contribution in [3.05, 3.63) is 65.9 Å². The zero-order valence-electron chi connectivity index (χ0n) is 11.9. The number of benzene rings is 2. The largest absolute Gasteiger partial charge is 0.465 e. The molecule has 1 amide bonds. The van der Waals surface area contributed by atoms with Crippen molar-refractivity contribution in [1.82, 2.24) is 0 Å². The Morgan fingerprint density at radius 1 is 1.14 bits per heavy atom. The van der Waals surface area contributed by atoms with Crippen LogP contribution in [-0.4, -0.2) is 19.0 Å². The van der Waals surface area contributed by atoms with E-state index in [9.17, 15) is 9.59 Å². The summed E-state index contributed by atoms with van der Waals surface area (Å²) in [5.74, 6) is -0.609. The first-order valence-corrected chi connectivity index (χ1v) is 6.75. The van der Waals surface area contributed by atoms with E-state index in [2.05, 4.69) is 10.6 Å². The van der Waals surface area contributed by atoms with E-state index in [1.165, 1.54) is 7.11 Å². The van der Waals surface area contributed by atoms with Crippen LogP contribution in [0.25, 0.3) is 5.57 Å². The van der Waals surface area contributed by atoms with Crippen LogP contribution >= 0.6 is 0 Å². The van der Waals surface area contributed by atoms with Gasteiger partial charge in [0.1, 0.15) is 0 Å². The maximum atomic E-state index is 12.0. The maximum absolute atomic E-state index is 12.0. The molecule has 3 rings (SSSR count). The summed E-state index contributed by atoms with van der Waals surface area (Å²) in [7, 11) is 1.33. The number of para-hydroxylation sites is 2. The van der Waals surface area contributed by atoms with Gasteiger partial charge in [0.05, 0.1) is 23.9 Å². The van der Waals surface area contributed by atoms with Crippen LogP contribution in [0, 0.1) is 0 Å². The molecule has 0 spiro atoms. The van der Waals surface area contributed by atoms with Crippen molar-refractivity contribution in [3.63, 3.8) is 0 Å². The molecule has 0 fully saturated rings. The minimum atomic E-state index is -0.433. The molecular formula is C17H14N2O3. The number of methoxy groups -OCH3 is 1. The molecule has 5 nitrogen and oxygen atoms in total. The third kappa shape index (κ3) is 2.44. The second-order valence-electron chi connectivity index (χ2n) is 4.74. The van der Waals surface area contributed by atoms with Gasteiger partial charge in [0.2, 0.25) is 0 Å². The molecule has 0 unspecified atom stereocenters. The maximum Gasteiger partial charge on any atom is 0.339 e. The summed E-state index contributed by atoms with van der Waals surface area (Å²) in [5, 5.41) is 5.81. The fourth-order valence-electron chi connectivity index (χ4n) is 2.33. The van der Waals surface area contributed by atoms with Crippen molar-refractivity contribution in [1.29, 1.82) is 0 Å². The number of carbonyl (C=O) groups excluding carboxylic acids is 2. The van der Waals surface area contributed by atoms with E-state index in [1.54, 1.807) is 30.5 Å². The molecule has 1 aliphatic rings. The SMILES string of the molecule is COC(=O)c1ccccc1N/C=C1\C(=O)Nc2ccccc21. The number of esters is 1. The highest BCUT2D eigenvalue weighted by atomic mass is 16.5. The lowest BCUT2D eigenvalue weighted by molar-refractivity contribution is -0.110. The van der Waals surface area contributed by atoms with Crippen LogP contribution in [0.2, 0.25) is 0 Å². The summed E-state index contributed by atoms with van der Waals surface area (Å²) >= 11 is 0. The summed E-state index contributed by atoms with van der Waals surface area (Å²) in [5.41, 5.74) is 3.13. The third-order valence-electron chi connectivity index (χ3n) is 3.41. The normalized spacial score (nSPS) is 14.4. The molecule has 0 saturated heterocycles. The standard InChI is InChI=1S/C17H14N2O3/c1-22-17(21)12-7-3-4-8-14(12)18-10-13-11-6-2-5-9-15(11)19-16(13)20/h2-10,18H,1H3,(H,19,20)/b13-10-. The second kappa shape index (κ2) is 5.73. The highest BCUT2D eigenvalue weighted by Gasteiger charge is 2.23. The van der Waals surface area contributed by atoms with Gasteiger partial charge in [0, 0.05) is 17.5 Å². The number of rotatable bonds is 3. The van der Waals surface area contributed by atoms with Crippen LogP contribution in [-0.2, 0) is 9.53 Å². The number of nitrogens with one attached hydrogen (secondary N) is 2. The number of amides is 1. The van der Waals surface area contributed by atoms with E-state index < -0.39 is 5.97 Å². The van der Waals surface area contributed by atoms with Crippen molar-refractivity contribution < 1.29 is 14.3 Å². The van der Waals surface area contributed by atoms with Crippen LogP contribution < -0.4 is 10.6 Å². The minimum Gasteiger partial charge on any atom is -0.465 e. The molecule has 2 aromatic rings. The Morgan fingerprint density at radius 3 is 2.68 bits per heavy atom. The number of fused-ring (bicyclic) bond motifs is 1. The molecule has 0 atom stereocenters. The zero-order chi connectivity index (χ0) is 15.5. The van der Waals surface area contributed by atoms with E-state index in [0.29, 0.717) is 16.8 Å². The van der Waals surface area contributed by atoms with E-state index in [4.69, 9.17) is 4.74 Å². The van der Waals surface area contributed by atoms with Crippen LogP contribution in [0.15, 0.2) is 54.7 Å². The monoisotopic (exact) mass is 294 g/mol.